The number of para-hydroxylation sites is 1. The summed E-state index contributed by atoms with van der Waals surface area (Å²) in [6.45, 7) is 4.87. The molecule has 0 aliphatic heterocycles. The van der Waals surface area contributed by atoms with Crippen molar-refractivity contribution in [2.75, 3.05) is 17.3 Å². The van der Waals surface area contributed by atoms with E-state index in [1.54, 1.807) is 4.90 Å². The van der Waals surface area contributed by atoms with Crippen molar-refractivity contribution in [3.8, 4) is 0 Å². The molecule has 0 fully saturated rings. The largest absolute Gasteiger partial charge is 0.311 e. The number of rotatable bonds is 4. The topological polar surface area (TPSA) is 20.3 Å². The van der Waals surface area contributed by atoms with Gasteiger partial charge in [-0.1, -0.05) is 32.0 Å². The Bertz CT molecular complexity index is 311. The first-order chi connectivity index (χ1) is 7.15. The van der Waals surface area contributed by atoms with Crippen LogP contribution in [0, 0.1) is 5.92 Å². The Morgan fingerprint density at radius 2 is 1.93 bits per heavy atom. The van der Waals surface area contributed by atoms with E-state index in [-0.39, 0.29) is 11.8 Å². The zero-order valence-corrected chi connectivity index (χ0v) is 9.87. The molecule has 0 aliphatic rings. The summed E-state index contributed by atoms with van der Waals surface area (Å²) in [4.78, 5) is 13.4. The van der Waals surface area contributed by atoms with Crippen LogP contribution < -0.4 is 4.90 Å². The lowest BCUT2D eigenvalue weighted by atomic mass is 10.2. The van der Waals surface area contributed by atoms with E-state index in [2.05, 4.69) is 13.8 Å². The second kappa shape index (κ2) is 5.76. The molecule has 1 aromatic rings. The van der Waals surface area contributed by atoms with Gasteiger partial charge in [0.25, 0.3) is 0 Å². The van der Waals surface area contributed by atoms with Crippen molar-refractivity contribution in [3.05, 3.63) is 30.3 Å². The monoisotopic (exact) mass is 225 g/mol. The maximum atomic E-state index is 11.6. The first kappa shape index (κ1) is 12.1. The van der Waals surface area contributed by atoms with Gasteiger partial charge >= 0.3 is 0 Å². The van der Waals surface area contributed by atoms with Crippen molar-refractivity contribution >= 4 is 23.2 Å². The van der Waals surface area contributed by atoms with Gasteiger partial charge in [0.15, 0.2) is 0 Å². The number of amides is 1. The molecule has 1 amide bonds. The number of anilines is 1. The van der Waals surface area contributed by atoms with Gasteiger partial charge in [0.1, 0.15) is 5.88 Å². The number of nitrogens with zero attached hydrogens (tertiary/aromatic N) is 1. The van der Waals surface area contributed by atoms with Gasteiger partial charge in [-0.05, 0) is 18.1 Å². The van der Waals surface area contributed by atoms with E-state index in [1.807, 2.05) is 30.3 Å². The number of hydrogen-bond donors (Lipinski definition) is 0. The predicted molar refractivity (Wildman–Crippen MR) is 64.4 cm³/mol. The fourth-order valence-corrected chi connectivity index (χ4v) is 1.54. The molecule has 0 saturated heterocycles. The maximum absolute atomic E-state index is 11.6. The van der Waals surface area contributed by atoms with Gasteiger partial charge in [-0.15, -0.1) is 11.6 Å². The van der Waals surface area contributed by atoms with Crippen LogP contribution in [0.2, 0.25) is 0 Å². The van der Waals surface area contributed by atoms with Crippen LogP contribution in [0.1, 0.15) is 13.8 Å². The number of carbonyl (C=O) groups is 1. The SMILES string of the molecule is CC(C)CN(C(=O)CCl)c1ccccc1. The van der Waals surface area contributed by atoms with Crippen LogP contribution in [-0.2, 0) is 4.79 Å². The van der Waals surface area contributed by atoms with E-state index in [0.717, 1.165) is 5.69 Å². The minimum Gasteiger partial charge on any atom is -0.311 e. The number of carbonyl (C=O) groups excluding carboxylic acids is 1. The Hall–Kier alpha value is -1.02. The fraction of sp³-hybridized carbons (Fsp3) is 0.417. The molecule has 0 heterocycles. The van der Waals surface area contributed by atoms with E-state index in [0.29, 0.717) is 12.5 Å². The van der Waals surface area contributed by atoms with Crippen LogP contribution in [0.4, 0.5) is 5.69 Å². The molecule has 0 spiro atoms. The van der Waals surface area contributed by atoms with Gasteiger partial charge in [-0.25, -0.2) is 0 Å². The Morgan fingerprint density at radius 3 is 2.40 bits per heavy atom. The normalized spacial score (nSPS) is 10.4. The third-order valence-electron chi connectivity index (χ3n) is 2.03. The highest BCUT2D eigenvalue weighted by Crippen LogP contribution is 2.15. The third-order valence-corrected chi connectivity index (χ3v) is 2.26. The molecular formula is C12H16ClNO. The molecule has 0 unspecified atom stereocenters. The van der Waals surface area contributed by atoms with Gasteiger partial charge in [-0.2, -0.15) is 0 Å². The van der Waals surface area contributed by atoms with Crippen molar-refractivity contribution in [2.24, 2.45) is 5.92 Å². The standard InChI is InChI=1S/C12H16ClNO/c1-10(2)9-14(12(15)8-13)11-6-4-3-5-7-11/h3-7,10H,8-9H2,1-2H3. The Balaban J connectivity index is 2.86. The molecule has 0 radical (unpaired) electrons. The van der Waals surface area contributed by atoms with Gasteiger partial charge in [0, 0.05) is 12.2 Å². The van der Waals surface area contributed by atoms with Crippen LogP contribution >= 0.6 is 11.6 Å². The summed E-state index contributed by atoms with van der Waals surface area (Å²) < 4.78 is 0. The molecule has 0 bridgehead atoms. The average Bonchev–Trinajstić information content (AvgIpc) is 2.26. The van der Waals surface area contributed by atoms with Crippen LogP contribution in [-0.4, -0.2) is 18.3 Å². The van der Waals surface area contributed by atoms with Crippen molar-refractivity contribution in [1.82, 2.24) is 0 Å². The predicted octanol–water partition coefficient (Wildman–Crippen LogP) is 2.91. The molecule has 3 heteroatoms. The Morgan fingerprint density at radius 1 is 1.33 bits per heavy atom. The molecule has 1 rings (SSSR count). The summed E-state index contributed by atoms with van der Waals surface area (Å²) in [6, 6.07) is 9.62. The molecule has 82 valence electrons. The molecule has 15 heavy (non-hydrogen) atoms. The lowest BCUT2D eigenvalue weighted by Gasteiger charge is -2.23. The number of alkyl halides is 1. The van der Waals surface area contributed by atoms with E-state index in [4.69, 9.17) is 11.6 Å². The van der Waals surface area contributed by atoms with Crippen molar-refractivity contribution in [1.29, 1.82) is 0 Å². The van der Waals surface area contributed by atoms with E-state index in [9.17, 15) is 4.79 Å². The summed E-state index contributed by atoms with van der Waals surface area (Å²) in [7, 11) is 0. The quantitative estimate of drug-likeness (QED) is 0.722. The molecule has 0 atom stereocenters. The van der Waals surface area contributed by atoms with Gasteiger partial charge in [0.2, 0.25) is 5.91 Å². The molecule has 0 aromatic heterocycles. The van der Waals surface area contributed by atoms with E-state index in [1.165, 1.54) is 0 Å². The Kier molecular flexibility index (Phi) is 4.63. The number of hydrogen-bond acceptors (Lipinski definition) is 1. The lowest BCUT2D eigenvalue weighted by molar-refractivity contribution is -0.116. The summed E-state index contributed by atoms with van der Waals surface area (Å²) in [5.74, 6) is 0.413. The second-order valence-corrected chi connectivity index (χ2v) is 4.13. The maximum Gasteiger partial charge on any atom is 0.241 e. The molecule has 0 N–H and O–H groups in total. The van der Waals surface area contributed by atoms with Crippen molar-refractivity contribution in [3.63, 3.8) is 0 Å². The Labute approximate surface area is 95.8 Å². The first-order valence-corrected chi connectivity index (χ1v) is 5.60. The average molecular weight is 226 g/mol. The molecular weight excluding hydrogens is 210 g/mol. The summed E-state index contributed by atoms with van der Waals surface area (Å²) in [5.41, 5.74) is 0.914. The number of halogens is 1. The zero-order valence-electron chi connectivity index (χ0n) is 9.11. The van der Waals surface area contributed by atoms with Gasteiger partial charge in [0.05, 0.1) is 0 Å². The molecule has 0 aliphatic carbocycles. The van der Waals surface area contributed by atoms with Gasteiger partial charge in [-0.3, -0.25) is 4.79 Å². The third kappa shape index (κ3) is 3.56. The van der Waals surface area contributed by atoms with E-state index < -0.39 is 0 Å². The fourth-order valence-electron chi connectivity index (χ4n) is 1.40. The zero-order chi connectivity index (χ0) is 11.3. The van der Waals surface area contributed by atoms with Crippen molar-refractivity contribution < 1.29 is 4.79 Å². The minimum absolute atomic E-state index is 0.0294. The summed E-state index contributed by atoms with van der Waals surface area (Å²) in [5, 5.41) is 0. The number of benzene rings is 1. The highest BCUT2D eigenvalue weighted by atomic mass is 35.5. The molecule has 0 saturated carbocycles. The second-order valence-electron chi connectivity index (χ2n) is 3.87. The highest BCUT2D eigenvalue weighted by Gasteiger charge is 2.15. The van der Waals surface area contributed by atoms with E-state index >= 15 is 0 Å². The summed E-state index contributed by atoms with van der Waals surface area (Å²) in [6.07, 6.45) is 0. The summed E-state index contributed by atoms with van der Waals surface area (Å²) >= 11 is 5.59. The van der Waals surface area contributed by atoms with Crippen LogP contribution in [0.5, 0.6) is 0 Å². The first-order valence-electron chi connectivity index (χ1n) is 5.06. The van der Waals surface area contributed by atoms with Crippen LogP contribution in [0.3, 0.4) is 0 Å². The smallest absolute Gasteiger partial charge is 0.241 e. The highest BCUT2D eigenvalue weighted by molar-refractivity contribution is 6.29. The lowest BCUT2D eigenvalue weighted by Crippen LogP contribution is -2.35. The van der Waals surface area contributed by atoms with Crippen LogP contribution in [0.25, 0.3) is 0 Å². The molecule has 2 nitrogen and oxygen atoms in total. The van der Waals surface area contributed by atoms with Crippen LogP contribution in [0.15, 0.2) is 30.3 Å². The van der Waals surface area contributed by atoms with Gasteiger partial charge < -0.3 is 4.90 Å². The molecule has 1 aromatic carbocycles. The minimum atomic E-state index is -0.0448. The van der Waals surface area contributed by atoms with Crippen molar-refractivity contribution in [2.45, 2.75) is 13.8 Å².